The summed E-state index contributed by atoms with van der Waals surface area (Å²) in [7, 11) is 0. The van der Waals surface area contributed by atoms with Crippen molar-refractivity contribution in [2.24, 2.45) is 0 Å². The van der Waals surface area contributed by atoms with Gasteiger partial charge in [-0.15, -0.1) is 11.3 Å². The summed E-state index contributed by atoms with van der Waals surface area (Å²) in [5, 5.41) is 5.60. The number of hydrogen-bond acceptors (Lipinski definition) is 6. The molecule has 2 aromatic carbocycles. The lowest BCUT2D eigenvalue weighted by atomic mass is 10.2. The third kappa shape index (κ3) is 3.65. The predicted molar refractivity (Wildman–Crippen MR) is 109 cm³/mol. The van der Waals surface area contributed by atoms with Crippen LogP contribution in [0.3, 0.4) is 0 Å². The van der Waals surface area contributed by atoms with Crippen molar-refractivity contribution >= 4 is 33.3 Å². The van der Waals surface area contributed by atoms with Crippen LogP contribution in [-0.4, -0.2) is 17.5 Å². The van der Waals surface area contributed by atoms with E-state index in [1.807, 2.05) is 42.6 Å². The highest BCUT2D eigenvalue weighted by atomic mass is 32.1. The van der Waals surface area contributed by atoms with Gasteiger partial charge in [-0.2, -0.15) is 0 Å². The topological polar surface area (TPSA) is 81.4 Å². The second-order valence-electron chi connectivity index (χ2n) is 5.93. The number of benzene rings is 2. The zero-order valence-corrected chi connectivity index (χ0v) is 15.8. The van der Waals surface area contributed by atoms with Crippen LogP contribution in [-0.2, 0) is 0 Å². The molecule has 0 fully saturated rings. The van der Waals surface area contributed by atoms with Gasteiger partial charge in [0.1, 0.15) is 16.9 Å². The number of para-hydroxylation sites is 1. The molecule has 1 N–H and O–H groups in total. The first-order valence-corrected chi connectivity index (χ1v) is 9.55. The zero-order valence-electron chi connectivity index (χ0n) is 15.0. The minimum Gasteiger partial charge on any atom is -0.494 e. The van der Waals surface area contributed by atoms with Crippen molar-refractivity contribution in [3.63, 3.8) is 0 Å². The molecule has 7 heteroatoms. The van der Waals surface area contributed by atoms with E-state index in [-0.39, 0.29) is 5.56 Å². The molecule has 2 aromatic heterocycles. The van der Waals surface area contributed by atoms with E-state index in [0.717, 1.165) is 17.0 Å². The summed E-state index contributed by atoms with van der Waals surface area (Å²) in [6.07, 6.45) is 0. The van der Waals surface area contributed by atoms with Crippen LogP contribution in [0.2, 0.25) is 0 Å². The molecule has 4 rings (SSSR count). The monoisotopic (exact) mass is 392 g/mol. The van der Waals surface area contributed by atoms with E-state index in [9.17, 15) is 9.59 Å². The van der Waals surface area contributed by atoms with E-state index in [0.29, 0.717) is 22.7 Å². The van der Waals surface area contributed by atoms with Crippen molar-refractivity contribution in [1.82, 2.24) is 4.98 Å². The Bertz CT molecular complexity index is 1190. The van der Waals surface area contributed by atoms with Gasteiger partial charge in [0, 0.05) is 16.3 Å². The molecule has 0 saturated heterocycles. The average Bonchev–Trinajstić information content (AvgIpc) is 3.16. The zero-order chi connectivity index (χ0) is 19.5. The summed E-state index contributed by atoms with van der Waals surface area (Å²) in [5.41, 5.74) is 1.34. The molecule has 2 heterocycles. The summed E-state index contributed by atoms with van der Waals surface area (Å²) in [5.74, 6) is 0.241. The smallest absolute Gasteiger partial charge is 0.349 e. The lowest BCUT2D eigenvalue weighted by Gasteiger charge is -2.03. The van der Waals surface area contributed by atoms with E-state index < -0.39 is 11.5 Å². The minimum atomic E-state index is -0.681. The lowest BCUT2D eigenvalue weighted by Crippen LogP contribution is -2.20. The number of nitrogens with one attached hydrogen (secondary N) is 1. The summed E-state index contributed by atoms with van der Waals surface area (Å²) in [6.45, 7) is 2.54. The molecule has 0 unspecified atom stereocenters. The maximum Gasteiger partial charge on any atom is 0.349 e. The van der Waals surface area contributed by atoms with Crippen LogP contribution < -0.4 is 15.7 Å². The normalized spacial score (nSPS) is 10.8. The molecule has 0 aliphatic heterocycles. The number of hydrogen-bond donors (Lipinski definition) is 1. The van der Waals surface area contributed by atoms with Crippen LogP contribution in [0.4, 0.5) is 5.13 Å². The standard InChI is InChI=1S/C21H16N2O4S/c1-2-26-15-9-7-13(8-10-15)17-12-28-21(22-17)23-19(24)16-11-14-5-3-4-6-18(14)27-20(16)25/h3-12H,2H2,1H3,(H,22,23,24). The van der Waals surface area contributed by atoms with E-state index in [4.69, 9.17) is 9.15 Å². The number of ether oxygens (including phenoxy) is 1. The molecule has 4 aromatic rings. The number of amides is 1. The Kier molecular flexibility index (Phi) is 4.90. The van der Waals surface area contributed by atoms with E-state index >= 15 is 0 Å². The Morgan fingerprint density at radius 2 is 1.96 bits per heavy atom. The first-order valence-electron chi connectivity index (χ1n) is 8.67. The number of rotatable bonds is 5. The number of carbonyl (C=O) groups is 1. The number of fused-ring (bicyclic) bond motifs is 1. The van der Waals surface area contributed by atoms with Crippen molar-refractivity contribution in [1.29, 1.82) is 0 Å². The van der Waals surface area contributed by atoms with E-state index in [1.54, 1.807) is 18.2 Å². The molecule has 6 nitrogen and oxygen atoms in total. The molecule has 0 bridgehead atoms. The van der Waals surface area contributed by atoms with Gasteiger partial charge in [0.2, 0.25) is 0 Å². The Labute approximate surface area is 164 Å². The SMILES string of the molecule is CCOc1ccc(-c2csc(NC(=O)c3cc4ccccc4oc3=O)n2)cc1. The summed E-state index contributed by atoms with van der Waals surface area (Å²) >= 11 is 1.28. The van der Waals surface area contributed by atoms with E-state index in [1.165, 1.54) is 17.4 Å². The number of carbonyl (C=O) groups excluding carboxylic acids is 1. The molecule has 0 saturated carbocycles. The Balaban J connectivity index is 1.54. The molecular formula is C21H16N2O4S. The van der Waals surface area contributed by atoms with Gasteiger partial charge >= 0.3 is 5.63 Å². The van der Waals surface area contributed by atoms with Gasteiger partial charge in [0.25, 0.3) is 5.91 Å². The highest BCUT2D eigenvalue weighted by Crippen LogP contribution is 2.27. The van der Waals surface area contributed by atoms with Gasteiger partial charge in [-0.3, -0.25) is 10.1 Å². The van der Waals surface area contributed by atoms with Gasteiger partial charge in [-0.05, 0) is 43.3 Å². The first-order chi connectivity index (χ1) is 13.6. The number of nitrogens with zero attached hydrogens (tertiary/aromatic N) is 1. The lowest BCUT2D eigenvalue weighted by molar-refractivity contribution is 0.102. The maximum atomic E-state index is 12.5. The van der Waals surface area contributed by atoms with Gasteiger partial charge in [-0.25, -0.2) is 9.78 Å². The van der Waals surface area contributed by atoms with Crippen molar-refractivity contribution < 1.29 is 13.9 Å². The predicted octanol–water partition coefficient (Wildman–Crippen LogP) is 4.57. The molecule has 0 aliphatic carbocycles. The van der Waals surface area contributed by atoms with Crippen molar-refractivity contribution in [2.45, 2.75) is 6.92 Å². The highest BCUT2D eigenvalue weighted by Gasteiger charge is 2.15. The van der Waals surface area contributed by atoms with Crippen molar-refractivity contribution in [3.8, 4) is 17.0 Å². The van der Waals surface area contributed by atoms with Gasteiger partial charge in [0.05, 0.1) is 12.3 Å². The molecule has 140 valence electrons. The maximum absolute atomic E-state index is 12.5. The molecule has 0 aliphatic rings. The molecule has 28 heavy (non-hydrogen) atoms. The highest BCUT2D eigenvalue weighted by molar-refractivity contribution is 7.14. The minimum absolute atomic E-state index is 0.0588. The largest absolute Gasteiger partial charge is 0.494 e. The summed E-state index contributed by atoms with van der Waals surface area (Å²) < 4.78 is 10.6. The molecule has 1 amide bonds. The third-order valence-corrected chi connectivity index (χ3v) is 4.83. The third-order valence-electron chi connectivity index (χ3n) is 4.07. The first kappa shape index (κ1) is 17.9. The van der Waals surface area contributed by atoms with Crippen LogP contribution in [0, 0.1) is 0 Å². The molecular weight excluding hydrogens is 376 g/mol. The van der Waals surface area contributed by atoms with Gasteiger partial charge in [0.15, 0.2) is 5.13 Å². The van der Waals surface area contributed by atoms with Crippen molar-refractivity contribution in [2.75, 3.05) is 11.9 Å². The number of thiazole rings is 1. The van der Waals surface area contributed by atoms with Crippen LogP contribution >= 0.6 is 11.3 Å². The van der Waals surface area contributed by atoms with Crippen LogP contribution in [0.15, 0.2) is 69.2 Å². The summed E-state index contributed by atoms with van der Waals surface area (Å²) in [4.78, 5) is 29.1. The fraction of sp³-hybridized carbons (Fsp3) is 0.0952. The Hall–Kier alpha value is -3.45. The second-order valence-corrected chi connectivity index (χ2v) is 6.79. The molecule has 0 spiro atoms. The van der Waals surface area contributed by atoms with Gasteiger partial charge in [-0.1, -0.05) is 18.2 Å². The Morgan fingerprint density at radius 1 is 1.18 bits per heavy atom. The average molecular weight is 392 g/mol. The quantitative estimate of drug-likeness (QED) is 0.503. The number of aromatic nitrogens is 1. The fourth-order valence-corrected chi connectivity index (χ4v) is 3.45. The fourth-order valence-electron chi connectivity index (χ4n) is 2.74. The van der Waals surface area contributed by atoms with Gasteiger partial charge < -0.3 is 9.15 Å². The summed E-state index contributed by atoms with van der Waals surface area (Å²) in [6, 6.07) is 16.1. The number of anilines is 1. The van der Waals surface area contributed by atoms with Crippen LogP contribution in [0.5, 0.6) is 5.75 Å². The van der Waals surface area contributed by atoms with Crippen LogP contribution in [0.1, 0.15) is 17.3 Å². The second kappa shape index (κ2) is 7.66. The Morgan fingerprint density at radius 3 is 2.75 bits per heavy atom. The van der Waals surface area contributed by atoms with Crippen LogP contribution in [0.25, 0.3) is 22.2 Å². The van der Waals surface area contributed by atoms with Crippen molar-refractivity contribution in [3.05, 3.63) is 76.0 Å². The molecule has 0 atom stereocenters. The van der Waals surface area contributed by atoms with E-state index in [2.05, 4.69) is 10.3 Å². The molecule has 0 radical (unpaired) electrons.